The monoisotopic (exact) mass is 413 g/mol. The summed E-state index contributed by atoms with van der Waals surface area (Å²) in [6, 6.07) is 8.90. The van der Waals surface area contributed by atoms with Crippen molar-refractivity contribution in [1.29, 1.82) is 0 Å². The molecule has 0 bridgehead atoms. The van der Waals surface area contributed by atoms with Gasteiger partial charge >= 0.3 is 0 Å². The lowest BCUT2D eigenvalue weighted by Gasteiger charge is -2.20. The summed E-state index contributed by atoms with van der Waals surface area (Å²) in [7, 11) is 1.44. The van der Waals surface area contributed by atoms with Crippen molar-refractivity contribution in [3.63, 3.8) is 0 Å². The molecule has 1 aliphatic heterocycles. The van der Waals surface area contributed by atoms with Gasteiger partial charge in [-0.2, -0.15) is 5.10 Å². The van der Waals surface area contributed by atoms with Crippen LogP contribution in [0.2, 0.25) is 0 Å². The highest BCUT2D eigenvalue weighted by molar-refractivity contribution is 5.98. The first-order valence-electron chi connectivity index (χ1n) is 9.30. The minimum atomic E-state index is -0.820. The quantitative estimate of drug-likeness (QED) is 0.472. The average molecular weight is 413 g/mol. The molecule has 3 N–H and O–H groups in total. The molecular weight excluding hydrogens is 390 g/mol. The van der Waals surface area contributed by atoms with Gasteiger partial charge in [-0.15, -0.1) is 0 Å². The van der Waals surface area contributed by atoms with Gasteiger partial charge in [0.25, 0.3) is 11.8 Å². The van der Waals surface area contributed by atoms with Gasteiger partial charge in [-0.1, -0.05) is 19.9 Å². The topological polar surface area (TPSA) is 118 Å². The normalized spacial score (nSPS) is 13.3. The maximum atomic E-state index is 12.6. The smallest absolute Gasteiger partial charge is 0.262 e. The van der Waals surface area contributed by atoms with Crippen LogP contribution in [0.1, 0.15) is 29.8 Å². The van der Waals surface area contributed by atoms with Gasteiger partial charge in [0.05, 0.1) is 13.3 Å². The van der Waals surface area contributed by atoms with Crippen LogP contribution in [0, 0.1) is 5.92 Å². The van der Waals surface area contributed by atoms with E-state index in [-0.39, 0.29) is 18.5 Å². The van der Waals surface area contributed by atoms with E-state index >= 15 is 0 Å². The number of aromatic hydroxyl groups is 1. The molecule has 2 aromatic carbocycles. The molecule has 2 aromatic rings. The molecule has 9 heteroatoms. The van der Waals surface area contributed by atoms with Gasteiger partial charge in [-0.05, 0) is 36.2 Å². The molecule has 30 heavy (non-hydrogen) atoms. The zero-order valence-electron chi connectivity index (χ0n) is 16.8. The number of nitrogens with zero attached hydrogens (tertiary/aromatic N) is 1. The second kappa shape index (κ2) is 9.17. The van der Waals surface area contributed by atoms with Crippen LogP contribution < -0.4 is 25.0 Å². The molecule has 0 fully saturated rings. The summed E-state index contributed by atoms with van der Waals surface area (Å²) in [5, 5.41) is 16.6. The molecule has 2 amide bonds. The van der Waals surface area contributed by atoms with Crippen LogP contribution in [0.25, 0.3) is 0 Å². The fourth-order valence-corrected chi connectivity index (χ4v) is 2.84. The number of hydrazone groups is 1. The van der Waals surface area contributed by atoms with Crippen molar-refractivity contribution in [3.8, 4) is 23.0 Å². The SMILES string of the molecule is COc1cccc(C=NNC(=O)C(NC(=O)c2ccc3c(c2)OCO3)C(C)C)c1O. The van der Waals surface area contributed by atoms with Crippen molar-refractivity contribution in [2.75, 3.05) is 13.9 Å². The van der Waals surface area contributed by atoms with Gasteiger partial charge in [-0.25, -0.2) is 5.43 Å². The van der Waals surface area contributed by atoms with Gasteiger partial charge < -0.3 is 24.6 Å². The first-order chi connectivity index (χ1) is 14.4. The van der Waals surface area contributed by atoms with Crippen molar-refractivity contribution < 1.29 is 28.9 Å². The molecule has 158 valence electrons. The van der Waals surface area contributed by atoms with Crippen molar-refractivity contribution in [1.82, 2.24) is 10.7 Å². The number of ether oxygens (including phenoxy) is 3. The Balaban J connectivity index is 1.65. The van der Waals surface area contributed by atoms with Crippen LogP contribution in [0.5, 0.6) is 23.0 Å². The predicted molar refractivity (Wildman–Crippen MR) is 109 cm³/mol. The summed E-state index contributed by atoms with van der Waals surface area (Å²) in [6.07, 6.45) is 1.30. The molecule has 9 nitrogen and oxygen atoms in total. The third-order valence-corrected chi connectivity index (χ3v) is 4.50. The minimum Gasteiger partial charge on any atom is -0.504 e. The molecule has 1 aliphatic rings. The number of para-hydroxylation sites is 1. The molecule has 0 saturated heterocycles. The highest BCUT2D eigenvalue weighted by Gasteiger charge is 2.25. The van der Waals surface area contributed by atoms with Crippen LogP contribution in [-0.4, -0.2) is 43.1 Å². The number of methoxy groups -OCH3 is 1. The second-order valence-corrected chi connectivity index (χ2v) is 6.90. The number of carbonyl (C=O) groups is 2. The Morgan fingerprint density at radius 1 is 1.20 bits per heavy atom. The number of phenols is 1. The van der Waals surface area contributed by atoms with Gasteiger partial charge in [0.2, 0.25) is 6.79 Å². The molecule has 0 aliphatic carbocycles. The molecule has 1 heterocycles. The number of phenolic OH excluding ortho intramolecular Hbond substituents is 1. The first-order valence-corrected chi connectivity index (χ1v) is 9.30. The molecular formula is C21H23N3O6. The molecule has 1 unspecified atom stereocenters. The molecule has 3 rings (SSSR count). The highest BCUT2D eigenvalue weighted by Crippen LogP contribution is 2.32. The third kappa shape index (κ3) is 4.62. The lowest BCUT2D eigenvalue weighted by Crippen LogP contribution is -2.48. The summed E-state index contributed by atoms with van der Waals surface area (Å²) in [5.41, 5.74) is 3.12. The van der Waals surface area contributed by atoms with E-state index < -0.39 is 17.9 Å². The number of hydrogen-bond donors (Lipinski definition) is 3. The lowest BCUT2D eigenvalue weighted by molar-refractivity contribution is -0.123. The Morgan fingerprint density at radius 2 is 1.97 bits per heavy atom. The van der Waals surface area contributed by atoms with E-state index in [1.54, 1.807) is 36.4 Å². The maximum Gasteiger partial charge on any atom is 0.262 e. The Kier molecular flexibility index (Phi) is 6.41. The fraction of sp³-hybridized carbons (Fsp3) is 0.286. The van der Waals surface area contributed by atoms with Gasteiger partial charge in [-0.3, -0.25) is 9.59 Å². The number of hydrogen-bond acceptors (Lipinski definition) is 7. The fourth-order valence-electron chi connectivity index (χ4n) is 2.84. The lowest BCUT2D eigenvalue weighted by atomic mass is 10.0. The maximum absolute atomic E-state index is 12.6. The largest absolute Gasteiger partial charge is 0.504 e. The number of carbonyl (C=O) groups excluding carboxylic acids is 2. The summed E-state index contributed by atoms with van der Waals surface area (Å²) >= 11 is 0. The molecule has 0 radical (unpaired) electrons. The van der Waals surface area contributed by atoms with Crippen LogP contribution in [0.4, 0.5) is 0 Å². The molecule has 1 atom stereocenters. The summed E-state index contributed by atoms with van der Waals surface area (Å²) in [6.45, 7) is 3.72. The van der Waals surface area contributed by atoms with E-state index in [0.717, 1.165) is 0 Å². The van der Waals surface area contributed by atoms with E-state index in [0.29, 0.717) is 28.4 Å². The van der Waals surface area contributed by atoms with Crippen molar-refractivity contribution >= 4 is 18.0 Å². The van der Waals surface area contributed by atoms with Gasteiger partial charge in [0.15, 0.2) is 23.0 Å². The van der Waals surface area contributed by atoms with Crippen molar-refractivity contribution in [2.24, 2.45) is 11.0 Å². The van der Waals surface area contributed by atoms with E-state index in [4.69, 9.17) is 14.2 Å². The number of nitrogens with one attached hydrogen (secondary N) is 2. The number of benzene rings is 2. The summed E-state index contributed by atoms with van der Waals surface area (Å²) in [4.78, 5) is 25.2. The van der Waals surface area contributed by atoms with Crippen LogP contribution in [0.15, 0.2) is 41.5 Å². The van der Waals surface area contributed by atoms with E-state index in [1.165, 1.54) is 13.3 Å². The number of rotatable bonds is 7. The van der Waals surface area contributed by atoms with Crippen molar-refractivity contribution in [3.05, 3.63) is 47.5 Å². The average Bonchev–Trinajstić information content (AvgIpc) is 3.20. The van der Waals surface area contributed by atoms with E-state index in [9.17, 15) is 14.7 Å². The zero-order chi connectivity index (χ0) is 21.7. The Labute approximate surface area is 173 Å². The number of fused-ring (bicyclic) bond motifs is 1. The standard InChI is InChI=1S/C21H23N3O6/c1-12(2)18(23-20(26)13-7-8-15-17(9-13)30-11-29-15)21(27)24-22-10-14-5-4-6-16(28-3)19(14)25/h4-10,12,18,25H,11H2,1-3H3,(H,23,26)(H,24,27). The van der Waals surface area contributed by atoms with Gasteiger partial charge in [0, 0.05) is 11.1 Å². The highest BCUT2D eigenvalue weighted by atomic mass is 16.7. The summed E-state index contributed by atoms with van der Waals surface area (Å²) in [5.74, 6) is 0.157. The minimum absolute atomic E-state index is 0.0884. The predicted octanol–water partition coefficient (Wildman–Crippen LogP) is 2.03. The second-order valence-electron chi connectivity index (χ2n) is 6.90. The molecule has 0 saturated carbocycles. The van der Waals surface area contributed by atoms with Crippen LogP contribution in [-0.2, 0) is 4.79 Å². The van der Waals surface area contributed by atoms with Crippen LogP contribution in [0.3, 0.4) is 0 Å². The Morgan fingerprint density at radius 3 is 2.70 bits per heavy atom. The zero-order valence-corrected chi connectivity index (χ0v) is 16.8. The van der Waals surface area contributed by atoms with E-state index in [2.05, 4.69) is 15.8 Å². The van der Waals surface area contributed by atoms with E-state index in [1.807, 2.05) is 13.8 Å². The Bertz CT molecular complexity index is 973. The summed E-state index contributed by atoms with van der Waals surface area (Å²) < 4.78 is 15.5. The molecule has 0 spiro atoms. The van der Waals surface area contributed by atoms with Crippen LogP contribution >= 0.6 is 0 Å². The first kappa shape index (κ1) is 21.0. The third-order valence-electron chi connectivity index (χ3n) is 4.50. The van der Waals surface area contributed by atoms with Crippen molar-refractivity contribution in [2.45, 2.75) is 19.9 Å². The Hall–Kier alpha value is -3.75. The number of amides is 2. The molecule has 0 aromatic heterocycles. The van der Waals surface area contributed by atoms with Gasteiger partial charge in [0.1, 0.15) is 6.04 Å².